The molecule has 4 heteroatoms. The van der Waals surface area contributed by atoms with E-state index in [1.807, 2.05) is 0 Å². The number of benzene rings is 1. The predicted octanol–water partition coefficient (Wildman–Crippen LogP) is 3.28. The topological polar surface area (TPSA) is 35.8 Å². The van der Waals surface area contributed by atoms with Crippen molar-refractivity contribution in [3.05, 3.63) is 47.0 Å². The molecule has 0 aromatic heterocycles. The van der Waals surface area contributed by atoms with E-state index in [9.17, 15) is 8.78 Å². The zero-order valence-electron chi connectivity index (χ0n) is 10.6. The Bertz CT molecular complexity index is 494. The van der Waals surface area contributed by atoms with Crippen molar-refractivity contribution in [3.8, 4) is 6.07 Å². The number of nitriles is 1. The van der Waals surface area contributed by atoms with Gasteiger partial charge in [-0.2, -0.15) is 5.26 Å². The molecule has 1 unspecified atom stereocenters. The van der Waals surface area contributed by atoms with Gasteiger partial charge in [-0.25, -0.2) is 8.78 Å². The molecule has 1 N–H and O–H groups in total. The summed E-state index contributed by atoms with van der Waals surface area (Å²) in [5, 5.41) is 11.7. The van der Waals surface area contributed by atoms with Crippen LogP contribution in [0.15, 0.2) is 24.3 Å². The van der Waals surface area contributed by atoms with E-state index in [-0.39, 0.29) is 17.7 Å². The smallest absolute Gasteiger partial charge is 0.131 e. The van der Waals surface area contributed by atoms with Gasteiger partial charge in [0.05, 0.1) is 11.6 Å². The Kier molecular flexibility index (Phi) is 4.64. The molecule has 0 aliphatic heterocycles. The molecule has 2 nitrogen and oxygen atoms in total. The molecule has 1 atom stereocenters. The molecule has 1 aromatic carbocycles. The predicted molar refractivity (Wildman–Crippen MR) is 69.3 cm³/mol. The normalized spacial score (nSPS) is 18.3. The van der Waals surface area contributed by atoms with Gasteiger partial charge in [-0.1, -0.05) is 12.2 Å². The third kappa shape index (κ3) is 3.62. The van der Waals surface area contributed by atoms with Crippen LogP contribution in [0.5, 0.6) is 0 Å². The average molecular weight is 262 g/mol. The average Bonchev–Trinajstić information content (AvgIpc) is 2.42. The summed E-state index contributed by atoms with van der Waals surface area (Å²) >= 11 is 0. The lowest BCUT2D eigenvalue weighted by Crippen LogP contribution is -2.24. The van der Waals surface area contributed by atoms with Gasteiger partial charge in [0.2, 0.25) is 0 Å². The summed E-state index contributed by atoms with van der Waals surface area (Å²) in [7, 11) is 0. The van der Waals surface area contributed by atoms with Gasteiger partial charge in [0.25, 0.3) is 0 Å². The van der Waals surface area contributed by atoms with E-state index in [2.05, 4.69) is 17.5 Å². The molecular formula is C15H16F2N2. The summed E-state index contributed by atoms with van der Waals surface area (Å²) in [6.45, 7) is 0.910. The number of hydrogen-bond acceptors (Lipinski definition) is 2. The van der Waals surface area contributed by atoms with Crippen molar-refractivity contribution in [1.29, 1.82) is 5.26 Å². The van der Waals surface area contributed by atoms with Crippen LogP contribution in [0, 0.1) is 28.9 Å². The molecule has 0 saturated heterocycles. The first-order valence-electron chi connectivity index (χ1n) is 6.44. The molecule has 1 aliphatic rings. The fraction of sp³-hybridized carbons (Fsp3) is 0.400. The highest BCUT2D eigenvalue weighted by Gasteiger charge is 2.13. The molecule has 0 heterocycles. The van der Waals surface area contributed by atoms with E-state index in [0.717, 1.165) is 37.9 Å². The third-order valence-electron chi connectivity index (χ3n) is 3.38. The zero-order valence-corrected chi connectivity index (χ0v) is 10.6. The van der Waals surface area contributed by atoms with E-state index in [1.165, 1.54) is 0 Å². The van der Waals surface area contributed by atoms with Gasteiger partial charge in [0.15, 0.2) is 0 Å². The van der Waals surface area contributed by atoms with Crippen molar-refractivity contribution in [2.45, 2.75) is 25.8 Å². The molecule has 19 heavy (non-hydrogen) atoms. The minimum atomic E-state index is -0.660. The molecule has 100 valence electrons. The Morgan fingerprint density at radius 3 is 2.58 bits per heavy atom. The molecule has 0 fully saturated rings. The first kappa shape index (κ1) is 13.7. The molecule has 0 radical (unpaired) electrons. The minimum Gasteiger partial charge on any atom is -0.312 e. The van der Waals surface area contributed by atoms with Crippen molar-refractivity contribution in [2.24, 2.45) is 5.92 Å². The summed E-state index contributed by atoms with van der Waals surface area (Å²) in [5.41, 5.74) is 0.0153. The first-order chi connectivity index (χ1) is 9.20. The van der Waals surface area contributed by atoms with Crippen LogP contribution in [0.25, 0.3) is 0 Å². The van der Waals surface area contributed by atoms with E-state index in [0.29, 0.717) is 5.92 Å². The fourth-order valence-electron chi connectivity index (χ4n) is 2.28. The quantitative estimate of drug-likeness (QED) is 0.845. The van der Waals surface area contributed by atoms with Crippen LogP contribution < -0.4 is 5.32 Å². The maximum absolute atomic E-state index is 13.6. The van der Waals surface area contributed by atoms with Crippen molar-refractivity contribution in [1.82, 2.24) is 5.32 Å². The van der Waals surface area contributed by atoms with Gasteiger partial charge in [-0.05, 0) is 43.9 Å². The maximum Gasteiger partial charge on any atom is 0.131 e. The Hall–Kier alpha value is -1.73. The van der Waals surface area contributed by atoms with Crippen LogP contribution in [0.1, 0.15) is 30.4 Å². The Balaban J connectivity index is 1.92. The summed E-state index contributed by atoms with van der Waals surface area (Å²) in [4.78, 5) is 0. The number of hydrogen-bond donors (Lipinski definition) is 1. The second-order valence-corrected chi connectivity index (χ2v) is 4.81. The van der Waals surface area contributed by atoms with Crippen molar-refractivity contribution in [3.63, 3.8) is 0 Å². The number of rotatable bonds is 4. The molecular weight excluding hydrogens is 246 g/mol. The SMILES string of the molecule is N#Cc1cc(F)c(CNCC2CC=CCC2)c(F)c1. The highest BCUT2D eigenvalue weighted by atomic mass is 19.1. The monoisotopic (exact) mass is 262 g/mol. The Labute approximate surface area is 111 Å². The summed E-state index contributed by atoms with van der Waals surface area (Å²) in [6.07, 6.45) is 7.52. The van der Waals surface area contributed by atoms with Gasteiger partial charge in [0.1, 0.15) is 11.6 Å². The zero-order chi connectivity index (χ0) is 13.7. The standard InChI is InChI=1S/C15H16F2N2/c16-14-6-12(8-18)7-15(17)13(14)10-19-9-11-4-2-1-3-5-11/h1-2,6-7,11,19H,3-5,9-10H2. The highest BCUT2D eigenvalue weighted by Crippen LogP contribution is 2.18. The lowest BCUT2D eigenvalue weighted by molar-refractivity contribution is 0.432. The first-order valence-corrected chi connectivity index (χ1v) is 6.44. The van der Waals surface area contributed by atoms with Crippen LogP contribution in [-0.2, 0) is 6.54 Å². The van der Waals surface area contributed by atoms with Gasteiger partial charge in [0, 0.05) is 12.1 Å². The van der Waals surface area contributed by atoms with E-state index in [1.54, 1.807) is 6.07 Å². The summed E-state index contributed by atoms with van der Waals surface area (Å²) < 4.78 is 27.2. The van der Waals surface area contributed by atoms with Gasteiger partial charge in [-0.15, -0.1) is 0 Å². The van der Waals surface area contributed by atoms with E-state index >= 15 is 0 Å². The molecule has 2 rings (SSSR count). The van der Waals surface area contributed by atoms with Gasteiger partial charge >= 0.3 is 0 Å². The molecule has 1 aromatic rings. The molecule has 1 aliphatic carbocycles. The van der Waals surface area contributed by atoms with Crippen LogP contribution in [0.3, 0.4) is 0 Å². The summed E-state index contributed by atoms with van der Waals surface area (Å²) in [5.74, 6) is -0.783. The lowest BCUT2D eigenvalue weighted by Gasteiger charge is -2.18. The van der Waals surface area contributed by atoms with Crippen molar-refractivity contribution in [2.75, 3.05) is 6.54 Å². The number of nitrogens with one attached hydrogen (secondary N) is 1. The largest absolute Gasteiger partial charge is 0.312 e. The minimum absolute atomic E-state index is 0.00496. The summed E-state index contributed by atoms with van der Waals surface area (Å²) in [6, 6.07) is 3.88. The van der Waals surface area contributed by atoms with Crippen LogP contribution in [-0.4, -0.2) is 6.54 Å². The Morgan fingerprint density at radius 1 is 1.26 bits per heavy atom. The number of nitrogens with zero attached hydrogens (tertiary/aromatic N) is 1. The van der Waals surface area contributed by atoms with Gasteiger partial charge in [-0.3, -0.25) is 0 Å². The number of halogens is 2. The van der Waals surface area contributed by atoms with Crippen molar-refractivity contribution >= 4 is 0 Å². The highest BCUT2D eigenvalue weighted by molar-refractivity contribution is 5.34. The van der Waals surface area contributed by atoms with Crippen LogP contribution in [0.4, 0.5) is 8.78 Å². The van der Waals surface area contributed by atoms with Crippen LogP contribution in [0.2, 0.25) is 0 Å². The lowest BCUT2D eigenvalue weighted by atomic mass is 9.94. The third-order valence-corrected chi connectivity index (χ3v) is 3.38. The van der Waals surface area contributed by atoms with Gasteiger partial charge < -0.3 is 5.32 Å². The molecule has 0 amide bonds. The second kappa shape index (κ2) is 6.44. The second-order valence-electron chi connectivity index (χ2n) is 4.81. The Morgan fingerprint density at radius 2 is 2.00 bits per heavy atom. The van der Waals surface area contributed by atoms with E-state index < -0.39 is 11.6 Å². The fourth-order valence-corrected chi connectivity index (χ4v) is 2.28. The van der Waals surface area contributed by atoms with Crippen LogP contribution >= 0.6 is 0 Å². The van der Waals surface area contributed by atoms with Crippen molar-refractivity contribution < 1.29 is 8.78 Å². The number of allylic oxidation sites excluding steroid dienone is 2. The maximum atomic E-state index is 13.6. The molecule has 0 bridgehead atoms. The molecule has 0 spiro atoms. The van der Waals surface area contributed by atoms with E-state index in [4.69, 9.17) is 5.26 Å². The molecule has 0 saturated carbocycles.